The highest BCUT2D eigenvalue weighted by Gasteiger charge is 2.24. The smallest absolute Gasteiger partial charge is 0.194 e. The van der Waals surface area contributed by atoms with Crippen LogP contribution in [0.2, 0.25) is 0 Å². The first-order valence-electron chi connectivity index (χ1n) is 6.98. The Labute approximate surface area is 117 Å². The summed E-state index contributed by atoms with van der Waals surface area (Å²) in [6.45, 7) is 5.90. The molecule has 0 aliphatic heterocycles. The Morgan fingerprint density at radius 2 is 2.32 bits per heavy atom. The summed E-state index contributed by atoms with van der Waals surface area (Å²) in [5.41, 5.74) is 2.34. The van der Waals surface area contributed by atoms with E-state index >= 15 is 0 Å². The van der Waals surface area contributed by atoms with Crippen molar-refractivity contribution in [2.75, 3.05) is 6.54 Å². The van der Waals surface area contributed by atoms with Crippen LogP contribution in [0.4, 0.5) is 0 Å². The molecule has 0 radical (unpaired) electrons. The number of aryl methyl sites for hydroxylation is 2. The first kappa shape index (κ1) is 13.1. The van der Waals surface area contributed by atoms with Gasteiger partial charge >= 0.3 is 0 Å². The zero-order valence-electron chi connectivity index (χ0n) is 11.5. The molecule has 2 atom stereocenters. The lowest BCUT2D eigenvalue weighted by atomic mass is 10.1. The highest BCUT2D eigenvalue weighted by atomic mass is 32.1. The molecule has 2 aromatic rings. The van der Waals surface area contributed by atoms with E-state index in [4.69, 9.17) is 0 Å². The van der Waals surface area contributed by atoms with Gasteiger partial charge in [-0.3, -0.25) is 4.40 Å². The third-order valence-corrected chi connectivity index (χ3v) is 4.96. The molecule has 104 valence electrons. The fourth-order valence-corrected chi connectivity index (χ4v) is 3.84. The summed E-state index contributed by atoms with van der Waals surface area (Å²) in [6.07, 6.45) is 5.31. The molecule has 19 heavy (non-hydrogen) atoms. The van der Waals surface area contributed by atoms with Gasteiger partial charge in [-0.05, 0) is 32.6 Å². The molecule has 2 unspecified atom stereocenters. The second-order valence-electron chi connectivity index (χ2n) is 5.53. The van der Waals surface area contributed by atoms with E-state index in [-0.39, 0.29) is 6.10 Å². The van der Waals surface area contributed by atoms with Crippen LogP contribution in [0, 0.1) is 19.8 Å². The molecule has 1 aliphatic carbocycles. The van der Waals surface area contributed by atoms with Crippen LogP contribution in [0.5, 0.6) is 0 Å². The van der Waals surface area contributed by atoms with E-state index < -0.39 is 0 Å². The standard InChI is InChI=1S/C14H21N3OS/c1-9-8-17-12(10(2)16-14(17)19-9)7-15-6-11-4-3-5-13(11)18/h8,11,13,15,18H,3-7H2,1-2H3. The molecule has 1 aliphatic rings. The maximum absolute atomic E-state index is 9.82. The summed E-state index contributed by atoms with van der Waals surface area (Å²) >= 11 is 1.73. The van der Waals surface area contributed by atoms with E-state index in [9.17, 15) is 5.11 Å². The quantitative estimate of drug-likeness (QED) is 0.902. The number of rotatable bonds is 4. The van der Waals surface area contributed by atoms with Crippen molar-refractivity contribution in [1.29, 1.82) is 0 Å². The van der Waals surface area contributed by atoms with Crippen molar-refractivity contribution in [3.05, 3.63) is 22.5 Å². The molecule has 5 heteroatoms. The largest absolute Gasteiger partial charge is 0.393 e. The molecule has 4 nitrogen and oxygen atoms in total. The molecule has 3 rings (SSSR count). The predicted molar refractivity (Wildman–Crippen MR) is 77.6 cm³/mol. The van der Waals surface area contributed by atoms with Gasteiger partial charge in [0.15, 0.2) is 4.96 Å². The summed E-state index contributed by atoms with van der Waals surface area (Å²) in [4.78, 5) is 6.95. The first-order chi connectivity index (χ1) is 9.15. The third kappa shape index (κ3) is 2.55. The molecular weight excluding hydrogens is 258 g/mol. The van der Waals surface area contributed by atoms with Crippen molar-refractivity contribution in [3.8, 4) is 0 Å². The summed E-state index contributed by atoms with van der Waals surface area (Å²) in [7, 11) is 0. The van der Waals surface area contributed by atoms with E-state index in [1.165, 1.54) is 10.6 Å². The number of aliphatic hydroxyl groups excluding tert-OH is 1. The van der Waals surface area contributed by atoms with E-state index in [1.807, 2.05) is 0 Å². The molecule has 0 aromatic carbocycles. The number of nitrogens with zero attached hydrogens (tertiary/aromatic N) is 2. The topological polar surface area (TPSA) is 49.6 Å². The van der Waals surface area contributed by atoms with E-state index in [0.29, 0.717) is 5.92 Å². The third-order valence-electron chi connectivity index (χ3n) is 4.06. The molecule has 2 aromatic heterocycles. The van der Waals surface area contributed by atoms with Crippen molar-refractivity contribution in [1.82, 2.24) is 14.7 Å². The fourth-order valence-electron chi connectivity index (χ4n) is 2.95. The highest BCUT2D eigenvalue weighted by Crippen LogP contribution is 2.25. The molecule has 0 spiro atoms. The van der Waals surface area contributed by atoms with Gasteiger partial charge in [-0.15, -0.1) is 11.3 Å². The van der Waals surface area contributed by atoms with E-state index in [1.54, 1.807) is 11.3 Å². The monoisotopic (exact) mass is 279 g/mol. The number of hydrogen-bond donors (Lipinski definition) is 2. The molecule has 1 fully saturated rings. The van der Waals surface area contributed by atoms with E-state index in [0.717, 1.165) is 43.0 Å². The SMILES string of the molecule is Cc1cn2c(CNCC3CCCC3O)c(C)nc2s1. The zero-order chi connectivity index (χ0) is 13.4. The fraction of sp³-hybridized carbons (Fsp3) is 0.643. The Hall–Kier alpha value is -0.910. The van der Waals surface area contributed by atoms with Gasteiger partial charge in [0.1, 0.15) is 0 Å². The van der Waals surface area contributed by atoms with Crippen LogP contribution in [-0.2, 0) is 6.54 Å². The number of thiazole rings is 1. The van der Waals surface area contributed by atoms with Crippen molar-refractivity contribution in [3.63, 3.8) is 0 Å². The van der Waals surface area contributed by atoms with Crippen molar-refractivity contribution >= 4 is 16.3 Å². The molecule has 1 saturated carbocycles. The Morgan fingerprint density at radius 3 is 3.05 bits per heavy atom. The van der Waals surface area contributed by atoms with Crippen molar-refractivity contribution in [2.45, 2.75) is 45.8 Å². The van der Waals surface area contributed by atoms with Gasteiger partial charge in [0.25, 0.3) is 0 Å². The summed E-state index contributed by atoms with van der Waals surface area (Å²) < 4.78 is 2.19. The van der Waals surface area contributed by atoms with Crippen LogP contribution in [0.25, 0.3) is 4.96 Å². The Balaban J connectivity index is 1.66. The Morgan fingerprint density at radius 1 is 1.47 bits per heavy atom. The first-order valence-corrected chi connectivity index (χ1v) is 7.79. The Bertz CT molecular complexity index is 575. The summed E-state index contributed by atoms with van der Waals surface area (Å²) in [5, 5.41) is 13.3. The lowest BCUT2D eigenvalue weighted by Gasteiger charge is -2.15. The van der Waals surface area contributed by atoms with E-state index in [2.05, 4.69) is 34.7 Å². The molecule has 0 bridgehead atoms. The van der Waals surface area contributed by atoms with Gasteiger partial charge in [0, 0.05) is 24.2 Å². The minimum absolute atomic E-state index is 0.109. The van der Waals surface area contributed by atoms with Crippen LogP contribution in [-0.4, -0.2) is 27.1 Å². The number of fused-ring (bicyclic) bond motifs is 1. The van der Waals surface area contributed by atoms with Crippen LogP contribution in [0.1, 0.15) is 35.5 Å². The number of imidazole rings is 1. The molecule has 0 amide bonds. The van der Waals surface area contributed by atoms with Gasteiger partial charge < -0.3 is 10.4 Å². The Kier molecular flexibility index (Phi) is 3.60. The minimum Gasteiger partial charge on any atom is -0.393 e. The van der Waals surface area contributed by atoms with Crippen molar-refractivity contribution in [2.24, 2.45) is 5.92 Å². The average Bonchev–Trinajstić information content (AvgIpc) is 2.98. The van der Waals surface area contributed by atoms with Gasteiger partial charge in [0.05, 0.1) is 17.5 Å². The zero-order valence-corrected chi connectivity index (χ0v) is 12.3. The molecule has 0 saturated heterocycles. The lowest BCUT2D eigenvalue weighted by Crippen LogP contribution is -2.28. The molecule has 2 heterocycles. The average molecular weight is 279 g/mol. The molecule has 2 N–H and O–H groups in total. The normalized spacial score (nSPS) is 23.5. The minimum atomic E-state index is -0.109. The summed E-state index contributed by atoms with van der Waals surface area (Å²) in [5.74, 6) is 0.424. The van der Waals surface area contributed by atoms with Gasteiger partial charge in [-0.2, -0.15) is 0 Å². The number of nitrogens with one attached hydrogen (secondary N) is 1. The second kappa shape index (κ2) is 5.23. The van der Waals surface area contributed by atoms with Gasteiger partial charge in [-0.1, -0.05) is 6.42 Å². The van der Waals surface area contributed by atoms with Crippen LogP contribution in [0.15, 0.2) is 6.20 Å². The highest BCUT2D eigenvalue weighted by molar-refractivity contribution is 7.17. The maximum atomic E-state index is 9.82. The number of aromatic nitrogens is 2. The summed E-state index contributed by atoms with van der Waals surface area (Å²) in [6, 6.07) is 0. The van der Waals surface area contributed by atoms with Crippen molar-refractivity contribution < 1.29 is 5.11 Å². The lowest BCUT2D eigenvalue weighted by molar-refractivity contribution is 0.131. The van der Waals surface area contributed by atoms with Crippen LogP contribution >= 0.6 is 11.3 Å². The van der Waals surface area contributed by atoms with Crippen LogP contribution < -0.4 is 5.32 Å². The number of hydrogen-bond acceptors (Lipinski definition) is 4. The second-order valence-corrected chi connectivity index (χ2v) is 6.74. The maximum Gasteiger partial charge on any atom is 0.194 e. The molecular formula is C14H21N3OS. The number of aliphatic hydroxyl groups is 1. The van der Waals surface area contributed by atoms with Gasteiger partial charge in [-0.25, -0.2) is 4.98 Å². The van der Waals surface area contributed by atoms with Crippen LogP contribution in [0.3, 0.4) is 0 Å². The van der Waals surface area contributed by atoms with Gasteiger partial charge in [0.2, 0.25) is 0 Å². The predicted octanol–water partition coefficient (Wildman–Crippen LogP) is 2.26.